The lowest BCUT2D eigenvalue weighted by Gasteiger charge is -2.42. The standard InChI is InChI=1S/C16H14Cl3N/c17-16(18,19)15-14-9-5-4-6-12(14)10-11-20(15)13-7-2-1-3-8-13/h1-9,15H,10-11H2/t15-/m0/s1. The third kappa shape index (κ3) is 2.63. The van der Waals surface area contributed by atoms with Crippen molar-refractivity contribution >= 4 is 40.5 Å². The van der Waals surface area contributed by atoms with Gasteiger partial charge in [0, 0.05) is 12.2 Å². The van der Waals surface area contributed by atoms with E-state index < -0.39 is 3.79 Å². The van der Waals surface area contributed by atoms with Gasteiger partial charge in [-0.25, -0.2) is 0 Å². The quantitative estimate of drug-likeness (QED) is 0.654. The molecule has 0 aromatic heterocycles. The van der Waals surface area contributed by atoms with Crippen molar-refractivity contribution in [3.8, 4) is 0 Å². The fraction of sp³-hybridized carbons (Fsp3) is 0.250. The van der Waals surface area contributed by atoms with E-state index in [4.69, 9.17) is 34.8 Å². The first-order valence-corrected chi connectivity index (χ1v) is 7.67. The number of hydrogen-bond donors (Lipinski definition) is 0. The predicted molar refractivity (Wildman–Crippen MR) is 87.0 cm³/mol. The van der Waals surface area contributed by atoms with E-state index in [0.717, 1.165) is 24.2 Å². The van der Waals surface area contributed by atoms with Crippen LogP contribution in [0.1, 0.15) is 17.2 Å². The number of halogens is 3. The van der Waals surface area contributed by atoms with E-state index in [2.05, 4.69) is 29.2 Å². The van der Waals surface area contributed by atoms with Gasteiger partial charge in [-0.2, -0.15) is 0 Å². The fourth-order valence-corrected chi connectivity index (χ4v) is 3.52. The highest BCUT2D eigenvalue weighted by atomic mass is 35.6. The Morgan fingerprint density at radius 3 is 2.25 bits per heavy atom. The first-order chi connectivity index (χ1) is 9.57. The first-order valence-electron chi connectivity index (χ1n) is 6.53. The van der Waals surface area contributed by atoms with Gasteiger partial charge in [-0.05, 0) is 29.7 Å². The second kappa shape index (κ2) is 5.48. The summed E-state index contributed by atoms with van der Waals surface area (Å²) in [6, 6.07) is 18.0. The molecule has 1 aliphatic rings. The summed E-state index contributed by atoms with van der Waals surface area (Å²) in [5.74, 6) is 0. The summed E-state index contributed by atoms with van der Waals surface area (Å²) in [5, 5.41) is 0. The van der Waals surface area contributed by atoms with E-state index in [-0.39, 0.29) is 6.04 Å². The lowest BCUT2D eigenvalue weighted by molar-refractivity contribution is 0.591. The van der Waals surface area contributed by atoms with Crippen molar-refractivity contribution in [2.24, 2.45) is 0 Å². The van der Waals surface area contributed by atoms with Gasteiger partial charge in [0.1, 0.15) is 6.04 Å². The van der Waals surface area contributed by atoms with Crippen molar-refractivity contribution in [3.63, 3.8) is 0 Å². The summed E-state index contributed by atoms with van der Waals surface area (Å²) in [4.78, 5) is 2.18. The van der Waals surface area contributed by atoms with E-state index in [1.807, 2.05) is 30.3 Å². The van der Waals surface area contributed by atoms with Crippen LogP contribution in [-0.2, 0) is 6.42 Å². The average Bonchev–Trinajstić information content (AvgIpc) is 2.46. The minimum Gasteiger partial charge on any atom is -0.360 e. The van der Waals surface area contributed by atoms with Crippen LogP contribution < -0.4 is 4.90 Å². The molecule has 4 heteroatoms. The molecule has 0 radical (unpaired) electrons. The molecule has 0 unspecified atom stereocenters. The largest absolute Gasteiger partial charge is 0.360 e. The molecule has 1 heterocycles. The maximum absolute atomic E-state index is 6.27. The second-order valence-corrected chi connectivity index (χ2v) is 7.29. The Bertz CT molecular complexity index is 592. The first kappa shape index (κ1) is 14.1. The summed E-state index contributed by atoms with van der Waals surface area (Å²) in [5.41, 5.74) is 3.44. The van der Waals surface area contributed by atoms with Gasteiger partial charge < -0.3 is 4.90 Å². The van der Waals surface area contributed by atoms with Crippen LogP contribution in [0.15, 0.2) is 54.6 Å². The van der Waals surface area contributed by atoms with Crippen molar-refractivity contribution in [1.82, 2.24) is 0 Å². The molecule has 0 saturated heterocycles. The van der Waals surface area contributed by atoms with Crippen LogP contribution in [0, 0.1) is 0 Å². The average molecular weight is 327 g/mol. The molecule has 1 atom stereocenters. The highest BCUT2D eigenvalue weighted by Gasteiger charge is 2.41. The third-order valence-corrected chi connectivity index (χ3v) is 4.30. The highest BCUT2D eigenvalue weighted by Crippen LogP contribution is 2.48. The van der Waals surface area contributed by atoms with Crippen LogP contribution in [0.4, 0.5) is 5.69 Å². The summed E-state index contributed by atoms with van der Waals surface area (Å²) in [6.07, 6.45) is 0.961. The Morgan fingerprint density at radius 2 is 1.55 bits per heavy atom. The molecule has 0 aliphatic carbocycles. The van der Waals surface area contributed by atoms with E-state index in [1.165, 1.54) is 5.56 Å². The van der Waals surface area contributed by atoms with Gasteiger partial charge in [-0.1, -0.05) is 77.3 Å². The number of benzene rings is 2. The topological polar surface area (TPSA) is 3.24 Å². The Balaban J connectivity index is 2.09. The Hall–Kier alpha value is -0.890. The van der Waals surface area contributed by atoms with Gasteiger partial charge in [0.15, 0.2) is 0 Å². The van der Waals surface area contributed by atoms with Crippen molar-refractivity contribution in [3.05, 3.63) is 65.7 Å². The van der Waals surface area contributed by atoms with Crippen LogP contribution in [0.5, 0.6) is 0 Å². The number of alkyl halides is 3. The van der Waals surface area contributed by atoms with Crippen molar-refractivity contribution in [2.45, 2.75) is 16.3 Å². The molecule has 0 fully saturated rings. The van der Waals surface area contributed by atoms with E-state index in [0.29, 0.717) is 0 Å². The normalized spacial score (nSPS) is 18.8. The lowest BCUT2D eigenvalue weighted by atomic mass is 9.93. The maximum atomic E-state index is 6.27. The van der Waals surface area contributed by atoms with Gasteiger partial charge in [0.2, 0.25) is 3.79 Å². The van der Waals surface area contributed by atoms with Crippen LogP contribution >= 0.6 is 34.8 Å². The van der Waals surface area contributed by atoms with Crippen molar-refractivity contribution < 1.29 is 0 Å². The molecule has 0 N–H and O–H groups in total. The van der Waals surface area contributed by atoms with Gasteiger partial charge >= 0.3 is 0 Å². The number of fused-ring (bicyclic) bond motifs is 1. The van der Waals surface area contributed by atoms with Crippen molar-refractivity contribution in [2.75, 3.05) is 11.4 Å². The van der Waals surface area contributed by atoms with E-state index >= 15 is 0 Å². The monoisotopic (exact) mass is 325 g/mol. The van der Waals surface area contributed by atoms with Crippen LogP contribution in [0.2, 0.25) is 0 Å². The van der Waals surface area contributed by atoms with Gasteiger partial charge in [0.05, 0.1) is 0 Å². The number of nitrogens with zero attached hydrogens (tertiary/aromatic N) is 1. The fourth-order valence-electron chi connectivity index (χ4n) is 2.82. The van der Waals surface area contributed by atoms with Gasteiger partial charge in [0.25, 0.3) is 0 Å². The molecular formula is C16H14Cl3N. The Kier molecular flexibility index (Phi) is 3.85. The Morgan fingerprint density at radius 1 is 0.900 bits per heavy atom. The predicted octanol–water partition coefficient (Wildman–Crippen LogP) is 5.16. The number of anilines is 1. The molecule has 0 amide bonds. The van der Waals surface area contributed by atoms with Crippen LogP contribution in [-0.4, -0.2) is 10.3 Å². The summed E-state index contributed by atoms with van der Waals surface area (Å²) in [6.45, 7) is 0.847. The molecular weight excluding hydrogens is 313 g/mol. The summed E-state index contributed by atoms with van der Waals surface area (Å²) < 4.78 is -1.37. The highest BCUT2D eigenvalue weighted by molar-refractivity contribution is 6.68. The molecule has 20 heavy (non-hydrogen) atoms. The van der Waals surface area contributed by atoms with Gasteiger partial charge in [-0.15, -0.1) is 0 Å². The molecule has 2 aromatic carbocycles. The molecule has 0 saturated carbocycles. The zero-order valence-electron chi connectivity index (χ0n) is 10.8. The number of rotatable bonds is 1. The van der Waals surface area contributed by atoms with E-state index in [1.54, 1.807) is 0 Å². The zero-order valence-corrected chi connectivity index (χ0v) is 13.0. The van der Waals surface area contributed by atoms with Crippen LogP contribution in [0.25, 0.3) is 0 Å². The minimum atomic E-state index is -1.37. The summed E-state index contributed by atoms with van der Waals surface area (Å²) in [7, 11) is 0. The molecule has 3 rings (SSSR count). The van der Waals surface area contributed by atoms with Gasteiger partial charge in [-0.3, -0.25) is 0 Å². The molecule has 0 bridgehead atoms. The maximum Gasteiger partial charge on any atom is 0.214 e. The van der Waals surface area contributed by atoms with Crippen LogP contribution in [0.3, 0.4) is 0 Å². The molecule has 1 aliphatic heterocycles. The summed E-state index contributed by atoms with van der Waals surface area (Å²) >= 11 is 18.8. The zero-order chi connectivity index (χ0) is 14.2. The lowest BCUT2D eigenvalue weighted by Crippen LogP contribution is -2.42. The Labute approximate surface area is 134 Å². The second-order valence-electron chi connectivity index (χ2n) is 4.92. The number of hydrogen-bond acceptors (Lipinski definition) is 1. The molecule has 1 nitrogen and oxygen atoms in total. The molecule has 2 aromatic rings. The third-order valence-electron chi connectivity index (χ3n) is 3.68. The molecule has 0 spiro atoms. The SMILES string of the molecule is ClC(Cl)(Cl)[C@@H]1c2ccccc2CCN1c1ccccc1. The minimum absolute atomic E-state index is 0.264. The number of para-hydroxylation sites is 1. The van der Waals surface area contributed by atoms with E-state index in [9.17, 15) is 0 Å². The smallest absolute Gasteiger partial charge is 0.214 e. The van der Waals surface area contributed by atoms with Crippen molar-refractivity contribution in [1.29, 1.82) is 0 Å². The molecule has 104 valence electrons.